The van der Waals surface area contributed by atoms with Gasteiger partial charge in [-0.1, -0.05) is 52.3 Å². The SMILES string of the molecule is O=c1nc(/C=C/c2ccc(Br)cc2)n(-c2ccccc2)c2nc3c(cc12)CCC3. The summed E-state index contributed by atoms with van der Waals surface area (Å²) in [6, 6.07) is 19.9. The minimum Gasteiger partial charge on any atom is -0.278 e. The van der Waals surface area contributed by atoms with Gasteiger partial charge < -0.3 is 0 Å². The van der Waals surface area contributed by atoms with Crippen LogP contribution in [0.2, 0.25) is 0 Å². The standard InChI is InChI=1S/C24H18BrN3O/c25-18-12-9-16(10-13-18)11-14-22-27-24(29)20-15-17-5-4-8-21(17)26-23(20)28(22)19-6-2-1-3-7-19/h1-3,6-7,9-15H,4-5,8H2/b14-11+. The maximum atomic E-state index is 12.8. The van der Waals surface area contributed by atoms with E-state index >= 15 is 0 Å². The first-order valence-electron chi connectivity index (χ1n) is 9.64. The Morgan fingerprint density at radius 2 is 1.72 bits per heavy atom. The van der Waals surface area contributed by atoms with Crippen LogP contribution in [0, 0.1) is 0 Å². The van der Waals surface area contributed by atoms with Crippen LogP contribution in [0.3, 0.4) is 0 Å². The van der Waals surface area contributed by atoms with Gasteiger partial charge in [-0.2, -0.15) is 4.98 Å². The summed E-state index contributed by atoms with van der Waals surface area (Å²) in [5.74, 6) is 0.571. The molecular weight excluding hydrogens is 426 g/mol. The van der Waals surface area contributed by atoms with Crippen LogP contribution in [0.25, 0.3) is 28.9 Å². The number of fused-ring (bicyclic) bond motifs is 2. The Balaban J connectivity index is 1.75. The van der Waals surface area contributed by atoms with E-state index in [0.717, 1.165) is 40.7 Å². The fourth-order valence-corrected chi connectivity index (χ4v) is 4.06. The Morgan fingerprint density at radius 3 is 2.52 bits per heavy atom. The maximum Gasteiger partial charge on any atom is 0.282 e. The van der Waals surface area contributed by atoms with E-state index in [0.29, 0.717) is 16.9 Å². The second-order valence-corrected chi connectivity index (χ2v) is 8.07. The normalized spacial score (nSPS) is 13.3. The minimum absolute atomic E-state index is 0.232. The van der Waals surface area contributed by atoms with Crippen molar-refractivity contribution < 1.29 is 0 Å². The van der Waals surface area contributed by atoms with Crippen molar-refractivity contribution in [2.75, 3.05) is 0 Å². The lowest BCUT2D eigenvalue weighted by atomic mass is 10.1. The lowest BCUT2D eigenvalue weighted by Gasteiger charge is -2.14. The number of hydrogen-bond donors (Lipinski definition) is 0. The van der Waals surface area contributed by atoms with E-state index in [-0.39, 0.29) is 5.56 Å². The Kier molecular flexibility index (Phi) is 4.60. The Labute approximate surface area is 176 Å². The molecule has 4 nitrogen and oxygen atoms in total. The van der Waals surface area contributed by atoms with Crippen LogP contribution in [-0.2, 0) is 12.8 Å². The molecule has 0 saturated carbocycles. The van der Waals surface area contributed by atoms with Crippen LogP contribution in [0.1, 0.15) is 29.1 Å². The molecule has 0 radical (unpaired) electrons. The second kappa shape index (κ2) is 7.41. The highest BCUT2D eigenvalue weighted by atomic mass is 79.9. The van der Waals surface area contributed by atoms with Crippen molar-refractivity contribution in [1.82, 2.24) is 14.5 Å². The van der Waals surface area contributed by atoms with E-state index in [4.69, 9.17) is 4.98 Å². The van der Waals surface area contributed by atoms with E-state index in [1.54, 1.807) is 0 Å². The van der Waals surface area contributed by atoms with Crippen molar-refractivity contribution in [3.05, 3.63) is 98.1 Å². The molecule has 5 rings (SSSR count). The molecule has 0 saturated heterocycles. The molecular formula is C24H18BrN3O. The van der Waals surface area contributed by atoms with Crippen LogP contribution >= 0.6 is 15.9 Å². The topological polar surface area (TPSA) is 47.8 Å². The van der Waals surface area contributed by atoms with Crippen molar-refractivity contribution >= 4 is 39.1 Å². The zero-order valence-electron chi connectivity index (χ0n) is 15.7. The van der Waals surface area contributed by atoms with Gasteiger partial charge in [0.25, 0.3) is 5.56 Å². The summed E-state index contributed by atoms with van der Waals surface area (Å²) in [7, 11) is 0. The van der Waals surface area contributed by atoms with Crippen LogP contribution in [-0.4, -0.2) is 14.5 Å². The predicted molar refractivity (Wildman–Crippen MR) is 120 cm³/mol. The fraction of sp³-hybridized carbons (Fsp3) is 0.125. The summed E-state index contributed by atoms with van der Waals surface area (Å²) >= 11 is 3.45. The van der Waals surface area contributed by atoms with Gasteiger partial charge in [-0.05, 0) is 66.8 Å². The number of hydrogen-bond acceptors (Lipinski definition) is 3. The number of aryl methyl sites for hydroxylation is 2. The van der Waals surface area contributed by atoms with E-state index in [1.807, 2.05) is 77.4 Å². The molecule has 29 heavy (non-hydrogen) atoms. The number of pyridine rings is 1. The van der Waals surface area contributed by atoms with E-state index in [9.17, 15) is 4.79 Å². The van der Waals surface area contributed by atoms with Gasteiger partial charge in [0.05, 0.1) is 5.39 Å². The van der Waals surface area contributed by atoms with Gasteiger partial charge in [-0.15, -0.1) is 0 Å². The van der Waals surface area contributed by atoms with Crippen molar-refractivity contribution in [1.29, 1.82) is 0 Å². The number of rotatable bonds is 3. The summed E-state index contributed by atoms with van der Waals surface area (Å²) in [6.45, 7) is 0. The molecule has 0 bridgehead atoms. The van der Waals surface area contributed by atoms with Gasteiger partial charge in [0.1, 0.15) is 5.82 Å². The third-order valence-electron chi connectivity index (χ3n) is 5.23. The van der Waals surface area contributed by atoms with Gasteiger partial charge in [0.15, 0.2) is 5.65 Å². The molecule has 4 aromatic rings. The van der Waals surface area contributed by atoms with Gasteiger partial charge in [0, 0.05) is 15.9 Å². The Hall–Kier alpha value is -3.05. The summed E-state index contributed by atoms with van der Waals surface area (Å²) in [5.41, 5.74) is 4.68. The molecule has 5 heteroatoms. The quantitative estimate of drug-likeness (QED) is 0.436. The summed E-state index contributed by atoms with van der Waals surface area (Å²) in [4.78, 5) is 22.1. The third kappa shape index (κ3) is 3.42. The van der Waals surface area contributed by atoms with Crippen LogP contribution in [0.4, 0.5) is 0 Å². The van der Waals surface area contributed by atoms with Crippen molar-refractivity contribution in [3.8, 4) is 5.69 Å². The molecule has 0 atom stereocenters. The van der Waals surface area contributed by atoms with Gasteiger partial charge in [-0.3, -0.25) is 9.36 Å². The molecule has 2 heterocycles. The average molecular weight is 444 g/mol. The van der Waals surface area contributed by atoms with Gasteiger partial charge in [0.2, 0.25) is 0 Å². The monoisotopic (exact) mass is 443 g/mol. The molecule has 2 aromatic carbocycles. The van der Waals surface area contributed by atoms with Crippen molar-refractivity contribution in [3.63, 3.8) is 0 Å². The van der Waals surface area contributed by atoms with E-state index < -0.39 is 0 Å². The molecule has 2 aromatic heterocycles. The molecule has 0 spiro atoms. The molecule has 0 amide bonds. The second-order valence-electron chi connectivity index (χ2n) is 7.15. The molecule has 0 fully saturated rings. The van der Waals surface area contributed by atoms with Crippen LogP contribution < -0.4 is 5.56 Å². The number of aromatic nitrogens is 3. The highest BCUT2D eigenvalue weighted by molar-refractivity contribution is 9.10. The fourth-order valence-electron chi connectivity index (χ4n) is 3.80. The largest absolute Gasteiger partial charge is 0.282 e. The molecule has 0 N–H and O–H groups in total. The summed E-state index contributed by atoms with van der Waals surface area (Å²) in [6.07, 6.45) is 6.87. The number of para-hydroxylation sites is 1. The minimum atomic E-state index is -0.232. The maximum absolute atomic E-state index is 12.8. The molecule has 142 valence electrons. The predicted octanol–water partition coefficient (Wildman–Crippen LogP) is 5.20. The first kappa shape index (κ1) is 18.0. The molecule has 0 unspecified atom stereocenters. The van der Waals surface area contributed by atoms with Crippen LogP contribution in [0.5, 0.6) is 0 Å². The van der Waals surface area contributed by atoms with Gasteiger partial charge >= 0.3 is 0 Å². The first-order chi connectivity index (χ1) is 14.2. The lowest BCUT2D eigenvalue weighted by Crippen LogP contribution is -2.17. The van der Waals surface area contributed by atoms with Gasteiger partial charge in [-0.25, -0.2) is 4.98 Å². The zero-order chi connectivity index (χ0) is 19.8. The smallest absolute Gasteiger partial charge is 0.278 e. The van der Waals surface area contributed by atoms with Crippen molar-refractivity contribution in [2.24, 2.45) is 0 Å². The number of halogens is 1. The lowest BCUT2D eigenvalue weighted by molar-refractivity contribution is 0.896. The first-order valence-corrected chi connectivity index (χ1v) is 10.4. The van der Waals surface area contributed by atoms with Crippen LogP contribution in [0.15, 0.2) is 69.9 Å². The van der Waals surface area contributed by atoms with E-state index in [1.165, 1.54) is 5.56 Å². The Morgan fingerprint density at radius 1 is 0.931 bits per heavy atom. The zero-order valence-corrected chi connectivity index (χ0v) is 17.3. The molecule has 1 aliphatic carbocycles. The Bertz CT molecular complexity index is 1290. The third-order valence-corrected chi connectivity index (χ3v) is 5.76. The average Bonchev–Trinajstić information content (AvgIpc) is 3.20. The number of nitrogens with zero attached hydrogens (tertiary/aromatic N) is 3. The highest BCUT2D eigenvalue weighted by Gasteiger charge is 2.18. The summed E-state index contributed by atoms with van der Waals surface area (Å²) < 4.78 is 3.00. The molecule has 0 aliphatic heterocycles. The highest BCUT2D eigenvalue weighted by Crippen LogP contribution is 2.25. The van der Waals surface area contributed by atoms with E-state index in [2.05, 4.69) is 20.9 Å². The van der Waals surface area contributed by atoms with Crippen molar-refractivity contribution in [2.45, 2.75) is 19.3 Å². The summed E-state index contributed by atoms with van der Waals surface area (Å²) in [5, 5.41) is 0.579. The number of benzene rings is 2. The molecule has 1 aliphatic rings.